The summed E-state index contributed by atoms with van der Waals surface area (Å²) >= 11 is 0. The van der Waals surface area contributed by atoms with Gasteiger partial charge < -0.3 is 40.5 Å². The van der Waals surface area contributed by atoms with E-state index in [2.05, 4.69) is 0 Å². The van der Waals surface area contributed by atoms with Crippen LogP contribution in [-0.2, 0) is 109 Å². The zero-order valence-corrected chi connectivity index (χ0v) is 9.08. The number of rotatable bonds is 0. The van der Waals surface area contributed by atoms with E-state index >= 15 is 0 Å². The molecule has 7 heavy (non-hydrogen) atoms. The molecule has 0 aromatic carbocycles. The molecule has 0 aliphatic carbocycles. The molecule has 56 valence electrons. The van der Waals surface area contributed by atoms with Crippen molar-refractivity contribution in [2.24, 2.45) is 0 Å². The predicted molar refractivity (Wildman–Crippen MR) is 22.1 cm³/mol. The Kier molecular flexibility index (Phi) is 759. The Bertz CT molecular complexity index is 10.9. The monoisotopic (exact) mass is 334 g/mol. The van der Waals surface area contributed by atoms with E-state index in [0.717, 1.165) is 0 Å². The molecule has 0 aliphatic rings. The summed E-state index contributed by atoms with van der Waals surface area (Å²) in [4.78, 5) is 0. The quantitative estimate of drug-likeness (QED) is 0.546. The van der Waals surface area contributed by atoms with E-state index in [1.807, 2.05) is 0 Å². The molecule has 0 saturated carbocycles. The van der Waals surface area contributed by atoms with Gasteiger partial charge in [0.1, 0.15) is 0 Å². The molecule has 0 amide bonds. The van der Waals surface area contributed by atoms with E-state index in [9.17, 15) is 0 Å². The first-order chi connectivity index (χ1) is 0. The van der Waals surface area contributed by atoms with Gasteiger partial charge in [-0.3, -0.25) is 0 Å². The molecule has 0 N–H and O–H groups in total. The van der Waals surface area contributed by atoms with E-state index in [4.69, 9.17) is 0 Å². The second-order valence-corrected chi connectivity index (χ2v) is 0. The first-order valence-corrected chi connectivity index (χ1v) is 0. The Morgan fingerprint density at radius 2 is 0.429 bits per heavy atom. The van der Waals surface area contributed by atoms with Crippen LogP contribution in [0.3, 0.4) is 0 Å². The third-order valence-corrected chi connectivity index (χ3v) is 0. The summed E-state index contributed by atoms with van der Waals surface area (Å²) in [5.74, 6) is 0. The van der Waals surface area contributed by atoms with Gasteiger partial charge in [0, 0.05) is 34.1 Å². The molecule has 0 spiro atoms. The molecule has 0 atom stereocenters. The van der Waals surface area contributed by atoms with Crippen molar-refractivity contribution in [3.63, 3.8) is 0 Å². The zero-order valence-electron chi connectivity index (χ0n) is 2.53. The molecule has 0 aliphatic heterocycles. The van der Waals surface area contributed by atoms with E-state index in [1.54, 1.807) is 0 Å². The summed E-state index contributed by atoms with van der Waals surface area (Å²) in [6.07, 6.45) is 0. The van der Waals surface area contributed by atoms with Crippen LogP contribution in [0.4, 0.5) is 0 Å². The van der Waals surface area contributed by atoms with Crippen molar-refractivity contribution in [2.45, 2.75) is 0 Å². The summed E-state index contributed by atoms with van der Waals surface area (Å²) in [5.41, 5.74) is 0. The molecule has 0 heterocycles. The molecule has 0 rings (SSSR count). The molecule has 0 nitrogen and oxygen atoms in total. The topological polar surface area (TPSA) is 0 Å². The van der Waals surface area contributed by atoms with Crippen LogP contribution < -0.4 is 0 Å². The normalized spacial score (nSPS) is 0. The van der Waals surface area contributed by atoms with Crippen LogP contribution >= 0.6 is 0 Å². The molecule has 0 aromatic rings. The Hall–Kier alpha value is 3.13. The van der Waals surface area contributed by atoms with Gasteiger partial charge in [-0.25, -0.2) is 0 Å². The summed E-state index contributed by atoms with van der Waals surface area (Å²) in [7, 11) is 0. The Morgan fingerprint density at radius 3 is 0.429 bits per heavy atom. The van der Waals surface area contributed by atoms with Crippen LogP contribution in [0.1, 0.15) is 0 Å². The minimum Gasteiger partial charge on any atom is -2.00 e. The van der Waals surface area contributed by atoms with E-state index in [1.165, 1.54) is 0 Å². The fraction of sp³-hybridized carbons (Fsp3) is 0. The minimum atomic E-state index is 0. The van der Waals surface area contributed by atoms with Gasteiger partial charge in [0.25, 0.3) is 0 Å². The average molecular weight is 335 g/mol. The first-order valence-electron chi connectivity index (χ1n) is 0. The van der Waals surface area contributed by atoms with Crippen LogP contribution in [0.5, 0.6) is 0 Å². The average Bonchev–Trinajstić information content (AvgIpc) is 0. The van der Waals surface area contributed by atoms with Crippen molar-refractivity contribution in [1.82, 2.24) is 0 Å². The van der Waals surface area contributed by atoms with Gasteiger partial charge in [0.2, 0.25) is 0 Å². The predicted octanol–water partition coefficient (Wildman–Crippen LogP) is -0.0172. The second kappa shape index (κ2) is 61.6. The molecule has 0 bridgehead atoms. The SMILES string of the molecule is [Cu].[Cu].[Fe+3].[Fe+3].[S-2].[S-2].[S-2]. The summed E-state index contributed by atoms with van der Waals surface area (Å²) in [5, 5.41) is 0. The van der Waals surface area contributed by atoms with Gasteiger partial charge in [0.05, 0.1) is 0 Å². The third kappa shape index (κ3) is 47.4. The van der Waals surface area contributed by atoms with E-state index < -0.39 is 0 Å². The maximum Gasteiger partial charge on any atom is 3.00 e. The van der Waals surface area contributed by atoms with Gasteiger partial charge in [0.15, 0.2) is 0 Å². The van der Waals surface area contributed by atoms with Gasteiger partial charge in [-0.15, -0.1) is 0 Å². The van der Waals surface area contributed by atoms with Crippen molar-refractivity contribution in [3.8, 4) is 0 Å². The van der Waals surface area contributed by atoms with Gasteiger partial charge in [-0.05, 0) is 0 Å². The first kappa shape index (κ1) is 86.2. The third-order valence-electron chi connectivity index (χ3n) is 0. The van der Waals surface area contributed by atoms with Gasteiger partial charge in [-0.1, -0.05) is 0 Å². The van der Waals surface area contributed by atoms with Crippen molar-refractivity contribution in [3.05, 3.63) is 0 Å². The van der Waals surface area contributed by atoms with Crippen LogP contribution in [0.25, 0.3) is 0 Å². The maximum absolute atomic E-state index is 0. The van der Waals surface area contributed by atoms with Crippen LogP contribution in [0.15, 0.2) is 0 Å². The van der Waals surface area contributed by atoms with Crippen LogP contribution in [0, 0.1) is 0 Å². The Balaban J connectivity index is 0. The molecular weight excluding hydrogens is 335 g/mol. The van der Waals surface area contributed by atoms with E-state index in [0.29, 0.717) is 0 Å². The Morgan fingerprint density at radius 1 is 0.429 bits per heavy atom. The molecule has 0 aromatic heterocycles. The maximum atomic E-state index is 0. The fourth-order valence-corrected chi connectivity index (χ4v) is 0. The van der Waals surface area contributed by atoms with Crippen molar-refractivity contribution < 1.29 is 68.3 Å². The largest absolute Gasteiger partial charge is 3.00 e. The Labute approximate surface area is 107 Å². The molecule has 4 radical (unpaired) electrons. The number of hydrogen-bond donors (Lipinski definition) is 0. The summed E-state index contributed by atoms with van der Waals surface area (Å²) < 4.78 is 0. The van der Waals surface area contributed by atoms with Gasteiger partial charge >= 0.3 is 34.1 Å². The van der Waals surface area contributed by atoms with Crippen LogP contribution in [-0.4, -0.2) is 0 Å². The van der Waals surface area contributed by atoms with Gasteiger partial charge in [-0.2, -0.15) is 0 Å². The zero-order chi connectivity index (χ0) is 0. The van der Waals surface area contributed by atoms with E-state index in [-0.39, 0.29) is 109 Å². The summed E-state index contributed by atoms with van der Waals surface area (Å²) in [6, 6.07) is 0. The van der Waals surface area contributed by atoms with Crippen molar-refractivity contribution in [2.75, 3.05) is 0 Å². The van der Waals surface area contributed by atoms with Crippen molar-refractivity contribution in [1.29, 1.82) is 0 Å². The molecule has 0 saturated heterocycles. The second-order valence-electron chi connectivity index (χ2n) is 0. The minimum absolute atomic E-state index is 0. The molecule has 7 heteroatoms. The molecule has 0 fully saturated rings. The molecular formula is Cu2Fe2S3. The van der Waals surface area contributed by atoms with Crippen molar-refractivity contribution >= 4 is 40.5 Å². The smallest absolute Gasteiger partial charge is 2.00 e. The fourth-order valence-electron chi connectivity index (χ4n) is 0. The standard InChI is InChI=1S/2Cu.2Fe.3S/q;;2*+3;3*-2. The van der Waals surface area contributed by atoms with Crippen LogP contribution in [0.2, 0.25) is 0 Å². The molecule has 0 unspecified atom stereocenters. The summed E-state index contributed by atoms with van der Waals surface area (Å²) in [6.45, 7) is 0. The number of hydrogen-bond acceptors (Lipinski definition) is 0.